The third-order valence-electron chi connectivity index (χ3n) is 4.50. The van der Waals surface area contributed by atoms with Crippen molar-refractivity contribution in [2.75, 3.05) is 13.1 Å². The molecule has 0 aliphatic heterocycles. The Kier molecular flexibility index (Phi) is 5.65. The maximum Gasteiger partial charge on any atom is 0.272 e. The number of amides is 2. The summed E-state index contributed by atoms with van der Waals surface area (Å²) >= 11 is 0. The molecule has 1 aliphatic carbocycles. The summed E-state index contributed by atoms with van der Waals surface area (Å²) in [5.74, 6) is -0.675. The lowest BCUT2D eigenvalue weighted by Gasteiger charge is -2.07. The van der Waals surface area contributed by atoms with Gasteiger partial charge in [0.15, 0.2) is 5.69 Å². The van der Waals surface area contributed by atoms with Gasteiger partial charge in [-0.05, 0) is 49.9 Å². The van der Waals surface area contributed by atoms with Gasteiger partial charge in [0.25, 0.3) is 5.91 Å². The number of hydrogen-bond donors (Lipinski definition) is 2. The smallest absolute Gasteiger partial charge is 0.272 e. The van der Waals surface area contributed by atoms with E-state index in [1.54, 1.807) is 16.8 Å². The highest BCUT2D eigenvalue weighted by molar-refractivity contribution is 5.94. The number of fused-ring (bicyclic) bond motifs is 1. The molecule has 0 unspecified atom stereocenters. The molecule has 7 heteroatoms. The lowest BCUT2D eigenvalue weighted by atomic mass is 10.1. The highest BCUT2D eigenvalue weighted by Gasteiger charge is 2.24. The number of nitrogens with zero attached hydrogens (tertiary/aromatic N) is 2. The first-order valence-corrected chi connectivity index (χ1v) is 8.95. The molecule has 0 spiro atoms. The van der Waals surface area contributed by atoms with E-state index in [-0.39, 0.29) is 17.6 Å². The summed E-state index contributed by atoms with van der Waals surface area (Å²) in [7, 11) is 0. The molecule has 2 amide bonds. The molecule has 0 radical (unpaired) electrons. The molecule has 2 N–H and O–H groups in total. The summed E-state index contributed by atoms with van der Waals surface area (Å²) in [6, 6.07) is 6.14. The fourth-order valence-electron chi connectivity index (χ4n) is 3.25. The molecule has 26 heavy (non-hydrogen) atoms. The van der Waals surface area contributed by atoms with Crippen LogP contribution in [0, 0.1) is 5.82 Å². The van der Waals surface area contributed by atoms with Crippen LogP contribution in [0.15, 0.2) is 24.3 Å². The van der Waals surface area contributed by atoms with Crippen molar-refractivity contribution in [3.8, 4) is 5.69 Å². The monoisotopic (exact) mass is 358 g/mol. The largest absolute Gasteiger partial charge is 0.355 e. The van der Waals surface area contributed by atoms with Crippen molar-refractivity contribution in [3.63, 3.8) is 0 Å². The quantitative estimate of drug-likeness (QED) is 0.635. The minimum atomic E-state index is -0.303. The summed E-state index contributed by atoms with van der Waals surface area (Å²) in [6.45, 7) is 2.16. The number of halogens is 1. The van der Waals surface area contributed by atoms with Crippen LogP contribution in [0.5, 0.6) is 0 Å². The molecule has 0 fully saturated rings. The zero-order valence-corrected chi connectivity index (χ0v) is 14.8. The number of rotatable bonds is 5. The molecule has 1 heterocycles. The predicted molar refractivity (Wildman–Crippen MR) is 95.8 cm³/mol. The summed E-state index contributed by atoms with van der Waals surface area (Å²) in [4.78, 5) is 23.5. The van der Waals surface area contributed by atoms with E-state index in [0.717, 1.165) is 49.0 Å². The summed E-state index contributed by atoms with van der Waals surface area (Å²) in [5.41, 5.74) is 3.18. The van der Waals surface area contributed by atoms with E-state index in [2.05, 4.69) is 15.7 Å². The SMILES string of the molecule is CC(=O)NCCNC(=O)c1nn(-c2ccc(F)cc2)c2c1CCCCC2. The maximum atomic E-state index is 13.2. The molecule has 0 saturated heterocycles. The first-order valence-electron chi connectivity index (χ1n) is 8.95. The Morgan fingerprint density at radius 3 is 2.50 bits per heavy atom. The highest BCUT2D eigenvalue weighted by Crippen LogP contribution is 2.26. The average Bonchev–Trinajstić information content (AvgIpc) is 2.81. The predicted octanol–water partition coefficient (Wildman–Crippen LogP) is 2.15. The van der Waals surface area contributed by atoms with Crippen LogP contribution >= 0.6 is 0 Å². The highest BCUT2D eigenvalue weighted by atomic mass is 19.1. The number of carbonyl (C=O) groups excluding carboxylic acids is 2. The lowest BCUT2D eigenvalue weighted by molar-refractivity contribution is -0.118. The first kappa shape index (κ1) is 18.1. The summed E-state index contributed by atoms with van der Waals surface area (Å²) < 4.78 is 15.0. The molecule has 1 aliphatic rings. The van der Waals surface area contributed by atoms with Gasteiger partial charge in [-0.1, -0.05) is 6.42 Å². The van der Waals surface area contributed by atoms with Crippen LogP contribution in [0.2, 0.25) is 0 Å². The second-order valence-corrected chi connectivity index (χ2v) is 6.46. The van der Waals surface area contributed by atoms with Gasteiger partial charge in [-0.3, -0.25) is 9.59 Å². The van der Waals surface area contributed by atoms with Crippen LogP contribution in [0.4, 0.5) is 4.39 Å². The van der Waals surface area contributed by atoms with Gasteiger partial charge < -0.3 is 10.6 Å². The molecule has 0 saturated carbocycles. The Labute approximate surface area is 151 Å². The molecule has 0 bridgehead atoms. The van der Waals surface area contributed by atoms with Gasteiger partial charge in [0.2, 0.25) is 5.91 Å². The molecule has 138 valence electrons. The molecular weight excluding hydrogens is 335 g/mol. The van der Waals surface area contributed by atoms with Crippen LogP contribution in [-0.2, 0) is 17.6 Å². The Balaban J connectivity index is 1.86. The fourth-order valence-corrected chi connectivity index (χ4v) is 3.25. The number of benzene rings is 1. The number of aromatic nitrogens is 2. The second-order valence-electron chi connectivity index (χ2n) is 6.46. The van der Waals surface area contributed by atoms with Crippen molar-refractivity contribution in [3.05, 3.63) is 47.0 Å². The van der Waals surface area contributed by atoms with Crippen LogP contribution in [0.25, 0.3) is 5.69 Å². The fraction of sp³-hybridized carbons (Fsp3) is 0.421. The Bertz CT molecular complexity index is 799. The van der Waals surface area contributed by atoms with Gasteiger partial charge >= 0.3 is 0 Å². The van der Waals surface area contributed by atoms with Crippen molar-refractivity contribution in [1.29, 1.82) is 0 Å². The van der Waals surface area contributed by atoms with Crippen LogP contribution in [-0.4, -0.2) is 34.7 Å². The third kappa shape index (κ3) is 4.09. The van der Waals surface area contributed by atoms with Gasteiger partial charge in [-0.25, -0.2) is 9.07 Å². The number of hydrogen-bond acceptors (Lipinski definition) is 3. The van der Waals surface area contributed by atoms with Crippen LogP contribution < -0.4 is 10.6 Å². The molecule has 3 rings (SSSR count). The van der Waals surface area contributed by atoms with E-state index in [9.17, 15) is 14.0 Å². The van der Waals surface area contributed by atoms with Crippen LogP contribution in [0.1, 0.15) is 47.9 Å². The van der Waals surface area contributed by atoms with Gasteiger partial charge in [0.05, 0.1) is 5.69 Å². The first-order chi connectivity index (χ1) is 12.6. The molecule has 1 aromatic carbocycles. The molecular formula is C19H23FN4O2. The van der Waals surface area contributed by atoms with Gasteiger partial charge in [0.1, 0.15) is 5.82 Å². The van der Waals surface area contributed by atoms with Gasteiger partial charge in [-0.2, -0.15) is 5.10 Å². The standard InChI is InChI=1S/C19H23FN4O2/c1-13(25)21-11-12-22-19(26)18-16-5-3-2-4-6-17(16)24(23-18)15-9-7-14(20)8-10-15/h7-10H,2-6,11-12H2,1H3,(H,21,25)(H,22,26). The van der Waals surface area contributed by atoms with E-state index >= 15 is 0 Å². The molecule has 1 aromatic heterocycles. The molecule has 2 aromatic rings. The zero-order valence-electron chi connectivity index (χ0n) is 14.8. The van der Waals surface area contributed by atoms with Crippen LogP contribution in [0.3, 0.4) is 0 Å². The minimum Gasteiger partial charge on any atom is -0.355 e. The summed E-state index contributed by atoms with van der Waals surface area (Å²) in [6.07, 6.45) is 4.84. The van der Waals surface area contributed by atoms with E-state index in [1.807, 2.05) is 0 Å². The number of carbonyl (C=O) groups is 2. The van der Waals surface area contributed by atoms with E-state index in [1.165, 1.54) is 19.1 Å². The molecule has 6 nitrogen and oxygen atoms in total. The van der Waals surface area contributed by atoms with Crippen molar-refractivity contribution in [2.45, 2.75) is 39.0 Å². The van der Waals surface area contributed by atoms with Gasteiger partial charge in [-0.15, -0.1) is 0 Å². The lowest BCUT2D eigenvalue weighted by Crippen LogP contribution is -2.34. The van der Waals surface area contributed by atoms with E-state index < -0.39 is 0 Å². The maximum absolute atomic E-state index is 13.2. The van der Waals surface area contributed by atoms with E-state index in [4.69, 9.17) is 0 Å². The second kappa shape index (κ2) is 8.12. The van der Waals surface area contributed by atoms with Crippen molar-refractivity contribution in [1.82, 2.24) is 20.4 Å². The Hall–Kier alpha value is -2.70. The number of nitrogens with one attached hydrogen (secondary N) is 2. The summed E-state index contributed by atoms with van der Waals surface area (Å²) in [5, 5.41) is 10.00. The third-order valence-corrected chi connectivity index (χ3v) is 4.50. The Morgan fingerprint density at radius 2 is 1.77 bits per heavy atom. The Morgan fingerprint density at radius 1 is 1.08 bits per heavy atom. The van der Waals surface area contributed by atoms with Crippen molar-refractivity contribution < 1.29 is 14.0 Å². The van der Waals surface area contributed by atoms with Crippen molar-refractivity contribution >= 4 is 11.8 Å². The minimum absolute atomic E-state index is 0.131. The van der Waals surface area contributed by atoms with E-state index in [0.29, 0.717) is 18.8 Å². The zero-order chi connectivity index (χ0) is 18.5. The molecule has 0 atom stereocenters. The van der Waals surface area contributed by atoms with Gasteiger partial charge in [0, 0.05) is 31.3 Å². The normalized spacial score (nSPS) is 13.6. The van der Waals surface area contributed by atoms with Crippen molar-refractivity contribution in [2.24, 2.45) is 0 Å². The topological polar surface area (TPSA) is 76.0 Å². The average molecular weight is 358 g/mol.